The number of rotatable bonds is 5. The molecule has 0 amide bonds. The molecule has 1 fully saturated rings. The highest BCUT2D eigenvalue weighted by atomic mass is 32.2. The van der Waals surface area contributed by atoms with Gasteiger partial charge in [0.25, 0.3) is 0 Å². The summed E-state index contributed by atoms with van der Waals surface area (Å²) in [5, 5.41) is 3.82. The van der Waals surface area contributed by atoms with Crippen LogP contribution < -0.4 is 5.32 Å². The first-order valence-corrected chi connectivity index (χ1v) is 12.0. The Morgan fingerprint density at radius 2 is 1.97 bits per heavy atom. The minimum atomic E-state index is -4.61. The third-order valence-electron chi connectivity index (χ3n) is 5.08. The van der Waals surface area contributed by atoms with Crippen LogP contribution in [0.25, 0.3) is 0 Å². The van der Waals surface area contributed by atoms with E-state index in [0.29, 0.717) is 35.0 Å². The molecule has 0 bridgehead atoms. The molecule has 0 saturated carbocycles. The number of anilines is 2. The van der Waals surface area contributed by atoms with E-state index in [4.69, 9.17) is 0 Å². The van der Waals surface area contributed by atoms with Gasteiger partial charge in [-0.05, 0) is 38.5 Å². The molecule has 1 saturated heterocycles. The zero-order valence-corrected chi connectivity index (χ0v) is 18.9. The molecular formula is C20H20F3N5O2S2. The lowest BCUT2D eigenvalue weighted by Crippen LogP contribution is -2.29. The number of sulfonamides is 1. The third-order valence-corrected chi connectivity index (χ3v) is 7.77. The van der Waals surface area contributed by atoms with Crippen LogP contribution >= 0.6 is 11.3 Å². The van der Waals surface area contributed by atoms with Crippen molar-refractivity contribution in [3.8, 4) is 0 Å². The molecule has 0 aliphatic carbocycles. The van der Waals surface area contributed by atoms with Gasteiger partial charge in [0.05, 0.1) is 16.2 Å². The van der Waals surface area contributed by atoms with E-state index in [1.807, 2.05) is 6.92 Å². The molecule has 2 aromatic heterocycles. The Morgan fingerprint density at radius 3 is 2.66 bits per heavy atom. The van der Waals surface area contributed by atoms with E-state index in [0.717, 1.165) is 17.0 Å². The van der Waals surface area contributed by atoms with E-state index in [-0.39, 0.29) is 23.9 Å². The van der Waals surface area contributed by atoms with Crippen molar-refractivity contribution in [2.75, 3.05) is 18.4 Å². The summed E-state index contributed by atoms with van der Waals surface area (Å²) in [4.78, 5) is 13.8. The lowest BCUT2D eigenvalue weighted by molar-refractivity contribution is -0.137. The summed E-state index contributed by atoms with van der Waals surface area (Å²) < 4.78 is 66.2. The average Bonchev–Trinajstić information content (AvgIpc) is 3.37. The molecule has 12 heteroatoms. The molecule has 1 aromatic carbocycles. The Morgan fingerprint density at radius 1 is 1.19 bits per heavy atom. The van der Waals surface area contributed by atoms with Gasteiger partial charge in [-0.2, -0.15) is 17.5 Å². The molecule has 0 spiro atoms. The van der Waals surface area contributed by atoms with Gasteiger partial charge in [0, 0.05) is 36.1 Å². The van der Waals surface area contributed by atoms with Gasteiger partial charge < -0.3 is 5.32 Å². The Kier molecular flexibility index (Phi) is 5.94. The van der Waals surface area contributed by atoms with Gasteiger partial charge >= 0.3 is 6.18 Å². The maximum atomic E-state index is 13.0. The van der Waals surface area contributed by atoms with Crippen molar-refractivity contribution in [3.63, 3.8) is 0 Å². The summed E-state index contributed by atoms with van der Waals surface area (Å²) in [6.45, 7) is 4.01. The van der Waals surface area contributed by atoms with Gasteiger partial charge in [0.2, 0.25) is 10.0 Å². The minimum Gasteiger partial charge on any atom is -0.316 e. The van der Waals surface area contributed by atoms with Gasteiger partial charge in [-0.25, -0.2) is 23.4 Å². The number of hydrogen-bond donors (Lipinski definition) is 1. The highest BCUT2D eigenvalue weighted by molar-refractivity contribution is 7.89. The fourth-order valence-corrected chi connectivity index (χ4v) is 5.77. The number of hydrogen-bond acceptors (Lipinski definition) is 7. The summed E-state index contributed by atoms with van der Waals surface area (Å²) in [6.07, 6.45) is -2.36. The number of nitrogens with zero attached hydrogens (tertiary/aromatic N) is 4. The second kappa shape index (κ2) is 8.41. The van der Waals surface area contributed by atoms with Crippen LogP contribution in [-0.4, -0.2) is 40.8 Å². The summed E-state index contributed by atoms with van der Waals surface area (Å²) in [5.41, 5.74) is -0.316. The number of nitrogens with one attached hydrogen (secondary N) is 1. The molecule has 1 aliphatic heterocycles. The van der Waals surface area contributed by atoms with Gasteiger partial charge in [-0.15, -0.1) is 11.3 Å². The molecule has 170 valence electrons. The number of alkyl halides is 3. The van der Waals surface area contributed by atoms with Gasteiger partial charge in [-0.1, -0.05) is 6.07 Å². The highest BCUT2D eigenvalue weighted by Crippen LogP contribution is 2.34. The van der Waals surface area contributed by atoms with Gasteiger partial charge in [0.1, 0.15) is 11.6 Å². The van der Waals surface area contributed by atoms with E-state index in [9.17, 15) is 21.6 Å². The number of benzene rings is 1. The molecule has 1 aliphatic rings. The molecule has 32 heavy (non-hydrogen) atoms. The topological polar surface area (TPSA) is 88.1 Å². The Labute approximate surface area is 187 Å². The Balaban J connectivity index is 1.54. The first-order valence-electron chi connectivity index (χ1n) is 9.75. The van der Waals surface area contributed by atoms with Crippen molar-refractivity contribution in [3.05, 3.63) is 58.5 Å². The zero-order chi connectivity index (χ0) is 23.1. The predicted molar refractivity (Wildman–Crippen MR) is 114 cm³/mol. The summed E-state index contributed by atoms with van der Waals surface area (Å²) >= 11 is 1.48. The van der Waals surface area contributed by atoms with Crippen LogP contribution in [0.2, 0.25) is 0 Å². The Hall–Kier alpha value is -2.57. The fraction of sp³-hybridized carbons (Fsp3) is 0.350. The summed E-state index contributed by atoms with van der Waals surface area (Å²) in [7, 11) is -4.06. The van der Waals surface area contributed by atoms with E-state index in [1.165, 1.54) is 21.7 Å². The first-order chi connectivity index (χ1) is 15.0. The fourth-order valence-electron chi connectivity index (χ4n) is 3.56. The molecule has 0 unspecified atom stereocenters. The molecular weight excluding hydrogens is 463 g/mol. The van der Waals surface area contributed by atoms with Crippen molar-refractivity contribution >= 4 is 32.3 Å². The van der Waals surface area contributed by atoms with Crippen molar-refractivity contribution in [1.82, 2.24) is 19.3 Å². The van der Waals surface area contributed by atoms with E-state index in [2.05, 4.69) is 20.3 Å². The Bertz CT molecular complexity index is 1240. The smallest absolute Gasteiger partial charge is 0.316 e. The lowest BCUT2D eigenvalue weighted by Gasteiger charge is -2.18. The van der Waals surface area contributed by atoms with E-state index in [1.54, 1.807) is 19.2 Å². The quantitative estimate of drug-likeness (QED) is 0.575. The number of halogens is 3. The molecule has 0 radical (unpaired) electrons. The van der Waals surface area contributed by atoms with Crippen molar-refractivity contribution < 1.29 is 21.6 Å². The average molecular weight is 484 g/mol. The molecule has 1 N–H and O–H groups in total. The first kappa shape index (κ1) is 22.6. The highest BCUT2D eigenvalue weighted by Gasteiger charge is 2.36. The van der Waals surface area contributed by atoms with Crippen molar-refractivity contribution in [2.24, 2.45) is 0 Å². The number of aryl methyl sites for hydroxylation is 2. The largest absolute Gasteiger partial charge is 0.416 e. The van der Waals surface area contributed by atoms with Crippen molar-refractivity contribution in [1.29, 1.82) is 0 Å². The molecule has 3 heterocycles. The number of thiazole rings is 1. The van der Waals surface area contributed by atoms with Crippen LogP contribution in [0.3, 0.4) is 0 Å². The maximum absolute atomic E-state index is 13.0. The molecule has 3 aromatic rings. The summed E-state index contributed by atoms with van der Waals surface area (Å²) in [6, 6.07) is 5.58. The predicted octanol–water partition coefficient (Wildman–Crippen LogP) is 4.49. The monoisotopic (exact) mass is 483 g/mol. The molecule has 7 nitrogen and oxygen atoms in total. The molecule has 1 atom stereocenters. The summed E-state index contributed by atoms with van der Waals surface area (Å²) in [5.74, 6) is 0.884. The van der Waals surface area contributed by atoms with E-state index >= 15 is 0 Å². The van der Waals surface area contributed by atoms with Crippen molar-refractivity contribution in [2.45, 2.75) is 37.3 Å². The van der Waals surface area contributed by atoms with Gasteiger partial charge in [-0.3, -0.25) is 0 Å². The van der Waals surface area contributed by atoms with Crippen LogP contribution in [0.1, 0.15) is 34.3 Å². The standard InChI is InChI=1S/C20H20F3N5O2S2/c1-12-10-24-19(31-12)27-18-9-17(25-13(2)26-18)14-6-7-28(11-14)32(29,30)16-5-3-4-15(8-16)20(21,22)23/h3-5,8-10,14H,6-7,11H2,1-2H3,(H,24,25,26,27)/t14-/m0/s1. The zero-order valence-electron chi connectivity index (χ0n) is 17.2. The maximum Gasteiger partial charge on any atom is 0.416 e. The van der Waals surface area contributed by atoms with Crippen LogP contribution in [0.4, 0.5) is 24.1 Å². The van der Waals surface area contributed by atoms with Crippen LogP contribution in [-0.2, 0) is 16.2 Å². The van der Waals surface area contributed by atoms with Crippen LogP contribution in [0.15, 0.2) is 41.4 Å². The second-order valence-electron chi connectivity index (χ2n) is 7.50. The number of aromatic nitrogens is 3. The van der Waals surface area contributed by atoms with Crippen LogP contribution in [0, 0.1) is 13.8 Å². The second-order valence-corrected chi connectivity index (χ2v) is 10.7. The normalized spacial score (nSPS) is 17.6. The van der Waals surface area contributed by atoms with E-state index < -0.39 is 21.8 Å². The lowest BCUT2D eigenvalue weighted by atomic mass is 10.0. The minimum absolute atomic E-state index is 0.130. The SMILES string of the molecule is Cc1nc(Nc2ncc(C)s2)cc([C@H]2CCN(S(=O)(=O)c3cccc(C(F)(F)F)c3)C2)n1. The third kappa shape index (κ3) is 4.76. The van der Waals surface area contributed by atoms with Crippen LogP contribution in [0.5, 0.6) is 0 Å². The molecule has 4 rings (SSSR count). The van der Waals surface area contributed by atoms with Gasteiger partial charge in [0.15, 0.2) is 5.13 Å².